The molecule has 3 nitrogen and oxygen atoms in total. The summed E-state index contributed by atoms with van der Waals surface area (Å²) in [6.45, 7) is 0. The van der Waals surface area contributed by atoms with E-state index in [1.54, 1.807) is 0 Å². The third-order valence-electron chi connectivity index (χ3n) is 10.3. The Labute approximate surface area is 281 Å². The summed E-state index contributed by atoms with van der Waals surface area (Å²) in [6, 6.07) is 61.3. The van der Waals surface area contributed by atoms with Crippen LogP contribution >= 0.6 is 0 Å². The normalized spacial score (nSPS) is 12.1. The third kappa shape index (κ3) is 3.73. The molecule has 8 aromatic carbocycles. The van der Waals surface area contributed by atoms with E-state index < -0.39 is 0 Å². The van der Waals surface area contributed by atoms with Gasteiger partial charge in [0.05, 0.1) is 22.1 Å². The molecule has 3 heteroatoms. The fourth-order valence-electron chi connectivity index (χ4n) is 8.16. The molecule has 228 valence electrons. The summed E-state index contributed by atoms with van der Waals surface area (Å²) in [4.78, 5) is 0. The topological polar surface area (TPSA) is 23.0 Å². The first-order chi connectivity index (χ1) is 24.3. The van der Waals surface area contributed by atoms with Gasteiger partial charge < -0.3 is 13.6 Å². The SMILES string of the molecule is c1ccc(-n2c3ccc4c5ccccc5n(-c5cccc(-c6ccc7c(c6)oc6ccccc67)c5)c4c3c3ccc4ccccc4c32)cc1. The van der Waals surface area contributed by atoms with E-state index in [2.05, 4.69) is 167 Å². The third-order valence-corrected chi connectivity index (χ3v) is 10.3. The molecular formula is C46H28N2O. The summed E-state index contributed by atoms with van der Waals surface area (Å²) in [6.07, 6.45) is 0. The maximum atomic E-state index is 6.28. The van der Waals surface area contributed by atoms with Crippen LogP contribution in [0.1, 0.15) is 0 Å². The molecule has 0 radical (unpaired) electrons. The van der Waals surface area contributed by atoms with Crippen molar-refractivity contribution in [2.75, 3.05) is 0 Å². The molecule has 0 aliphatic carbocycles. The molecule has 0 N–H and O–H groups in total. The lowest BCUT2D eigenvalue weighted by molar-refractivity contribution is 0.669. The van der Waals surface area contributed by atoms with Crippen LogP contribution < -0.4 is 0 Å². The van der Waals surface area contributed by atoms with E-state index in [1.807, 2.05) is 12.1 Å². The Hall–Kier alpha value is -6.58. The molecule has 0 saturated heterocycles. The minimum Gasteiger partial charge on any atom is -0.456 e. The fraction of sp³-hybridized carbons (Fsp3) is 0. The molecule has 49 heavy (non-hydrogen) atoms. The Bertz CT molecular complexity index is 3100. The molecule has 0 unspecified atom stereocenters. The number of nitrogens with zero attached hydrogens (tertiary/aromatic N) is 2. The predicted molar refractivity (Wildman–Crippen MR) is 205 cm³/mol. The van der Waals surface area contributed by atoms with E-state index in [0.717, 1.165) is 44.4 Å². The van der Waals surface area contributed by atoms with Crippen LogP contribution in [0.5, 0.6) is 0 Å². The second-order valence-electron chi connectivity index (χ2n) is 12.9. The lowest BCUT2D eigenvalue weighted by Gasteiger charge is -2.12. The van der Waals surface area contributed by atoms with Crippen LogP contribution in [-0.2, 0) is 0 Å². The van der Waals surface area contributed by atoms with E-state index >= 15 is 0 Å². The lowest BCUT2D eigenvalue weighted by Crippen LogP contribution is -1.96. The number of hydrogen-bond donors (Lipinski definition) is 0. The summed E-state index contributed by atoms with van der Waals surface area (Å²) < 4.78 is 11.2. The van der Waals surface area contributed by atoms with E-state index in [4.69, 9.17) is 4.42 Å². The van der Waals surface area contributed by atoms with Crippen molar-refractivity contribution in [1.29, 1.82) is 0 Å². The number of benzene rings is 8. The number of furan rings is 1. The molecule has 0 aliphatic heterocycles. The number of fused-ring (bicyclic) bond motifs is 12. The molecule has 11 rings (SSSR count). The molecule has 0 fully saturated rings. The van der Waals surface area contributed by atoms with E-state index in [0.29, 0.717) is 0 Å². The van der Waals surface area contributed by atoms with E-state index in [1.165, 1.54) is 54.4 Å². The first-order valence-corrected chi connectivity index (χ1v) is 16.8. The highest BCUT2D eigenvalue weighted by Gasteiger charge is 2.22. The van der Waals surface area contributed by atoms with Crippen molar-refractivity contribution in [3.8, 4) is 22.5 Å². The van der Waals surface area contributed by atoms with Crippen molar-refractivity contribution >= 4 is 76.3 Å². The van der Waals surface area contributed by atoms with Crippen LogP contribution in [0.2, 0.25) is 0 Å². The van der Waals surface area contributed by atoms with Crippen molar-refractivity contribution in [1.82, 2.24) is 9.13 Å². The summed E-state index contributed by atoms with van der Waals surface area (Å²) >= 11 is 0. The Morgan fingerprint density at radius 1 is 0.347 bits per heavy atom. The number of hydrogen-bond acceptors (Lipinski definition) is 1. The molecule has 0 amide bonds. The van der Waals surface area contributed by atoms with Gasteiger partial charge in [-0.25, -0.2) is 0 Å². The van der Waals surface area contributed by atoms with Crippen molar-refractivity contribution in [3.05, 3.63) is 170 Å². The first-order valence-electron chi connectivity index (χ1n) is 16.8. The Morgan fingerprint density at radius 2 is 1.02 bits per heavy atom. The van der Waals surface area contributed by atoms with Gasteiger partial charge in [0.2, 0.25) is 0 Å². The van der Waals surface area contributed by atoms with Gasteiger partial charge in [-0.05, 0) is 71.1 Å². The molecule has 0 aliphatic rings. The van der Waals surface area contributed by atoms with Gasteiger partial charge in [0.25, 0.3) is 0 Å². The van der Waals surface area contributed by atoms with Gasteiger partial charge in [-0.1, -0.05) is 115 Å². The zero-order valence-electron chi connectivity index (χ0n) is 26.5. The van der Waals surface area contributed by atoms with Crippen LogP contribution in [0.25, 0.3) is 98.8 Å². The molecule has 3 heterocycles. The van der Waals surface area contributed by atoms with Crippen LogP contribution in [0, 0.1) is 0 Å². The Morgan fingerprint density at radius 3 is 1.94 bits per heavy atom. The van der Waals surface area contributed by atoms with Crippen molar-refractivity contribution < 1.29 is 4.42 Å². The zero-order chi connectivity index (χ0) is 32.1. The fourth-order valence-corrected chi connectivity index (χ4v) is 8.16. The summed E-state index contributed by atoms with van der Waals surface area (Å²) in [7, 11) is 0. The number of aromatic nitrogens is 2. The molecule has 3 aromatic heterocycles. The summed E-state index contributed by atoms with van der Waals surface area (Å²) in [5.74, 6) is 0. The van der Waals surface area contributed by atoms with Gasteiger partial charge in [-0.2, -0.15) is 0 Å². The lowest BCUT2D eigenvalue weighted by atomic mass is 10.0. The van der Waals surface area contributed by atoms with Gasteiger partial charge in [0.1, 0.15) is 11.2 Å². The van der Waals surface area contributed by atoms with Crippen LogP contribution in [-0.4, -0.2) is 9.13 Å². The van der Waals surface area contributed by atoms with Gasteiger partial charge in [-0.15, -0.1) is 0 Å². The second-order valence-corrected chi connectivity index (χ2v) is 12.9. The van der Waals surface area contributed by atoms with Gasteiger partial charge >= 0.3 is 0 Å². The number of para-hydroxylation sites is 3. The van der Waals surface area contributed by atoms with E-state index in [9.17, 15) is 0 Å². The average molecular weight is 625 g/mol. The minimum atomic E-state index is 0.906. The second kappa shape index (κ2) is 9.96. The maximum Gasteiger partial charge on any atom is 0.136 e. The highest BCUT2D eigenvalue weighted by Crippen LogP contribution is 2.44. The first kappa shape index (κ1) is 26.5. The molecule has 0 spiro atoms. The minimum absolute atomic E-state index is 0.906. The number of rotatable bonds is 3. The molecule has 11 aromatic rings. The maximum absolute atomic E-state index is 6.28. The molecule has 0 bridgehead atoms. The van der Waals surface area contributed by atoms with Crippen molar-refractivity contribution in [3.63, 3.8) is 0 Å². The Balaban J connectivity index is 1.24. The van der Waals surface area contributed by atoms with Crippen LogP contribution in [0.3, 0.4) is 0 Å². The quantitative estimate of drug-likeness (QED) is 0.192. The Kier molecular flexibility index (Phi) is 5.38. The van der Waals surface area contributed by atoms with Crippen molar-refractivity contribution in [2.45, 2.75) is 0 Å². The van der Waals surface area contributed by atoms with Crippen LogP contribution in [0.4, 0.5) is 0 Å². The highest BCUT2D eigenvalue weighted by molar-refractivity contribution is 6.29. The van der Waals surface area contributed by atoms with Gasteiger partial charge in [0, 0.05) is 49.1 Å². The smallest absolute Gasteiger partial charge is 0.136 e. The average Bonchev–Trinajstić information content (AvgIpc) is 3.82. The van der Waals surface area contributed by atoms with E-state index in [-0.39, 0.29) is 0 Å². The summed E-state index contributed by atoms with van der Waals surface area (Å²) in [5, 5.41) is 9.77. The predicted octanol–water partition coefficient (Wildman–Crippen LogP) is 12.6. The largest absolute Gasteiger partial charge is 0.456 e. The van der Waals surface area contributed by atoms with Gasteiger partial charge in [-0.3, -0.25) is 0 Å². The van der Waals surface area contributed by atoms with Gasteiger partial charge in [0.15, 0.2) is 0 Å². The molecule has 0 saturated carbocycles. The molecular weight excluding hydrogens is 597 g/mol. The summed E-state index contributed by atoms with van der Waals surface area (Å²) in [5.41, 5.74) is 11.2. The standard InChI is InChI=1S/C46H28N2O/c1-2-13-32(14-3-1)47-41-26-25-38-35-17-6-8-19-40(35)48(46(38)44(41)39-24-21-29-11-4-5-16-34(29)45(39)47)33-15-10-12-30(27-33)31-22-23-37-36-18-7-9-20-42(36)49-43(37)28-31/h1-28H. The highest BCUT2D eigenvalue weighted by atomic mass is 16.3. The zero-order valence-corrected chi connectivity index (χ0v) is 26.5. The van der Waals surface area contributed by atoms with Crippen LogP contribution in [0.15, 0.2) is 174 Å². The molecule has 0 atom stereocenters. The monoisotopic (exact) mass is 624 g/mol. The van der Waals surface area contributed by atoms with Crippen molar-refractivity contribution in [2.24, 2.45) is 0 Å².